The Morgan fingerprint density at radius 1 is 0.789 bits per heavy atom. The van der Waals surface area contributed by atoms with E-state index in [2.05, 4.69) is 33.4 Å². The van der Waals surface area contributed by atoms with E-state index in [1.165, 1.54) is 18.4 Å². The van der Waals surface area contributed by atoms with Crippen LogP contribution in [0.3, 0.4) is 0 Å². The highest BCUT2D eigenvalue weighted by Gasteiger charge is 2.35. The molecule has 210 valence electrons. The summed E-state index contributed by atoms with van der Waals surface area (Å²) in [6.07, 6.45) is 15.9. The number of hydrogen-bond donors (Lipinski definition) is 4. The van der Waals surface area contributed by atoms with E-state index in [0.29, 0.717) is 6.42 Å². The lowest BCUT2D eigenvalue weighted by molar-refractivity contribution is -0.134. The van der Waals surface area contributed by atoms with E-state index < -0.39 is 12.1 Å². The molecule has 2 aliphatic carbocycles. The van der Waals surface area contributed by atoms with Gasteiger partial charge in [0, 0.05) is 6.04 Å². The van der Waals surface area contributed by atoms with E-state index in [1.807, 2.05) is 18.2 Å². The first-order valence-corrected chi connectivity index (χ1v) is 15.3. The Morgan fingerprint density at radius 2 is 1.47 bits per heavy atom. The number of rotatable bonds is 11. The zero-order valence-corrected chi connectivity index (χ0v) is 23.0. The fourth-order valence-corrected chi connectivity index (χ4v) is 6.43. The fourth-order valence-electron chi connectivity index (χ4n) is 6.43. The third kappa shape index (κ3) is 8.82. The quantitative estimate of drug-likeness (QED) is 0.349. The number of aryl methyl sites for hydroxylation is 1. The van der Waals surface area contributed by atoms with Gasteiger partial charge in [-0.3, -0.25) is 14.4 Å². The van der Waals surface area contributed by atoms with Gasteiger partial charge in [-0.25, -0.2) is 0 Å². The van der Waals surface area contributed by atoms with Crippen LogP contribution in [0.2, 0.25) is 0 Å². The lowest BCUT2D eigenvalue weighted by atomic mass is 9.83. The molecule has 1 heterocycles. The van der Waals surface area contributed by atoms with Gasteiger partial charge in [-0.05, 0) is 75.8 Å². The second-order valence-corrected chi connectivity index (χ2v) is 11.7. The molecule has 2 saturated carbocycles. The molecule has 3 amide bonds. The molecule has 3 aliphatic rings. The van der Waals surface area contributed by atoms with Crippen LogP contribution < -0.4 is 21.3 Å². The Morgan fingerprint density at radius 3 is 2.16 bits per heavy atom. The molecular formula is C31H48N4O3. The predicted molar refractivity (Wildman–Crippen MR) is 150 cm³/mol. The first kappa shape index (κ1) is 28.6. The highest BCUT2D eigenvalue weighted by atomic mass is 16.2. The van der Waals surface area contributed by atoms with Crippen molar-refractivity contribution in [2.45, 2.75) is 127 Å². The van der Waals surface area contributed by atoms with Gasteiger partial charge in [-0.15, -0.1) is 0 Å². The molecule has 0 radical (unpaired) electrons. The highest BCUT2D eigenvalue weighted by Crippen LogP contribution is 2.27. The topological polar surface area (TPSA) is 99.3 Å². The number of amides is 3. The molecule has 4 N–H and O–H groups in total. The largest absolute Gasteiger partial charge is 0.352 e. The van der Waals surface area contributed by atoms with Crippen LogP contribution >= 0.6 is 0 Å². The molecule has 7 nitrogen and oxygen atoms in total. The first-order valence-electron chi connectivity index (χ1n) is 15.3. The highest BCUT2D eigenvalue weighted by molar-refractivity contribution is 5.93. The molecule has 7 heteroatoms. The molecule has 4 rings (SSSR count). The molecule has 38 heavy (non-hydrogen) atoms. The maximum Gasteiger partial charge on any atom is 0.243 e. The number of hydrogen-bond acceptors (Lipinski definition) is 4. The van der Waals surface area contributed by atoms with Crippen LogP contribution in [0.25, 0.3) is 0 Å². The van der Waals surface area contributed by atoms with Gasteiger partial charge in [-0.2, -0.15) is 0 Å². The van der Waals surface area contributed by atoms with E-state index in [4.69, 9.17) is 0 Å². The molecule has 0 unspecified atom stereocenters. The van der Waals surface area contributed by atoms with Crippen molar-refractivity contribution in [3.63, 3.8) is 0 Å². The average molecular weight is 525 g/mol. The second-order valence-electron chi connectivity index (χ2n) is 11.7. The first-order chi connectivity index (χ1) is 18.6. The SMILES string of the molecule is O=C(N[C@@H](C(=O)N[C@H](CCCc1ccccc1)C(=O)NC1CCCCC1)C1CCCCC1)[C@@H]1CCCCN1. The summed E-state index contributed by atoms with van der Waals surface area (Å²) in [4.78, 5) is 40.3. The molecule has 0 spiro atoms. The Bertz CT molecular complexity index is 874. The Labute approximate surface area is 228 Å². The van der Waals surface area contributed by atoms with Crippen molar-refractivity contribution in [1.82, 2.24) is 21.3 Å². The smallest absolute Gasteiger partial charge is 0.243 e. The molecular weight excluding hydrogens is 476 g/mol. The van der Waals surface area contributed by atoms with Crippen LogP contribution in [-0.2, 0) is 20.8 Å². The number of piperidine rings is 1. The summed E-state index contributed by atoms with van der Waals surface area (Å²) in [6.45, 7) is 0.837. The number of benzene rings is 1. The molecule has 0 aromatic heterocycles. The molecule has 3 atom stereocenters. The molecule has 0 bridgehead atoms. The van der Waals surface area contributed by atoms with Crippen molar-refractivity contribution in [2.24, 2.45) is 5.92 Å². The van der Waals surface area contributed by atoms with Gasteiger partial charge in [-0.1, -0.05) is 75.3 Å². The molecule has 1 saturated heterocycles. The van der Waals surface area contributed by atoms with Crippen molar-refractivity contribution >= 4 is 17.7 Å². The van der Waals surface area contributed by atoms with Crippen LogP contribution in [0.4, 0.5) is 0 Å². The number of carbonyl (C=O) groups excluding carboxylic acids is 3. The van der Waals surface area contributed by atoms with Crippen molar-refractivity contribution in [1.29, 1.82) is 0 Å². The Balaban J connectivity index is 1.42. The minimum absolute atomic E-state index is 0.0808. The van der Waals surface area contributed by atoms with Crippen molar-refractivity contribution in [2.75, 3.05) is 6.54 Å². The van der Waals surface area contributed by atoms with Gasteiger partial charge in [0.1, 0.15) is 12.1 Å². The van der Waals surface area contributed by atoms with Gasteiger partial charge >= 0.3 is 0 Å². The summed E-state index contributed by atoms with van der Waals surface area (Å²) in [7, 11) is 0. The van der Waals surface area contributed by atoms with Gasteiger partial charge in [0.05, 0.1) is 6.04 Å². The molecule has 1 aromatic carbocycles. The summed E-state index contributed by atoms with van der Waals surface area (Å²) in [6, 6.07) is 9.04. The van der Waals surface area contributed by atoms with Crippen LogP contribution in [0, 0.1) is 5.92 Å². The van der Waals surface area contributed by atoms with E-state index in [-0.39, 0.29) is 35.7 Å². The summed E-state index contributed by atoms with van der Waals surface area (Å²) in [5, 5.41) is 12.8. The second kappa shape index (κ2) is 15.2. The molecule has 1 aromatic rings. The van der Waals surface area contributed by atoms with Crippen LogP contribution in [-0.4, -0.2) is 48.4 Å². The van der Waals surface area contributed by atoms with E-state index >= 15 is 0 Å². The standard InChI is InChI=1S/C31H48N4O3/c36-29(26-20-10-11-22-32-26)35-28(24-16-6-2-7-17-24)31(38)34-27(21-12-15-23-13-4-1-5-14-23)30(37)33-25-18-8-3-9-19-25/h1,4-5,13-14,24-28,32H,2-3,6-12,15-22H2,(H,33,37)(H,34,38)(H,35,36)/t26-,27+,28+/m0/s1. The van der Waals surface area contributed by atoms with Crippen molar-refractivity contribution in [3.8, 4) is 0 Å². The maximum atomic E-state index is 13.8. The van der Waals surface area contributed by atoms with Crippen molar-refractivity contribution < 1.29 is 14.4 Å². The van der Waals surface area contributed by atoms with Gasteiger partial charge in [0.2, 0.25) is 17.7 Å². The summed E-state index contributed by atoms with van der Waals surface area (Å²) >= 11 is 0. The predicted octanol–water partition coefficient (Wildman–Crippen LogP) is 4.15. The normalized spacial score (nSPS) is 22.7. The van der Waals surface area contributed by atoms with Crippen LogP contribution in [0.1, 0.15) is 102 Å². The van der Waals surface area contributed by atoms with Gasteiger partial charge < -0.3 is 21.3 Å². The molecule has 3 fully saturated rings. The average Bonchev–Trinajstić information content (AvgIpc) is 2.97. The summed E-state index contributed by atoms with van der Waals surface area (Å²) < 4.78 is 0. The summed E-state index contributed by atoms with van der Waals surface area (Å²) in [5.74, 6) is -0.254. The third-order valence-corrected chi connectivity index (χ3v) is 8.71. The zero-order valence-electron chi connectivity index (χ0n) is 23.0. The lowest BCUT2D eigenvalue weighted by Gasteiger charge is -2.33. The Hall–Kier alpha value is -2.41. The minimum atomic E-state index is -0.594. The Kier molecular flexibility index (Phi) is 11.5. The molecule has 1 aliphatic heterocycles. The lowest BCUT2D eigenvalue weighted by Crippen LogP contribution is -2.59. The van der Waals surface area contributed by atoms with E-state index in [0.717, 1.165) is 90.0 Å². The summed E-state index contributed by atoms with van der Waals surface area (Å²) in [5.41, 5.74) is 1.23. The van der Waals surface area contributed by atoms with E-state index in [1.54, 1.807) is 0 Å². The number of carbonyl (C=O) groups is 3. The number of nitrogens with one attached hydrogen (secondary N) is 4. The minimum Gasteiger partial charge on any atom is -0.352 e. The van der Waals surface area contributed by atoms with Crippen LogP contribution in [0.5, 0.6) is 0 Å². The van der Waals surface area contributed by atoms with Gasteiger partial charge in [0.15, 0.2) is 0 Å². The monoisotopic (exact) mass is 524 g/mol. The van der Waals surface area contributed by atoms with Gasteiger partial charge in [0.25, 0.3) is 0 Å². The van der Waals surface area contributed by atoms with E-state index in [9.17, 15) is 14.4 Å². The fraction of sp³-hybridized carbons (Fsp3) is 0.710. The van der Waals surface area contributed by atoms with Crippen molar-refractivity contribution in [3.05, 3.63) is 35.9 Å². The maximum absolute atomic E-state index is 13.8. The van der Waals surface area contributed by atoms with Crippen LogP contribution in [0.15, 0.2) is 30.3 Å². The zero-order chi connectivity index (χ0) is 26.6. The third-order valence-electron chi connectivity index (χ3n) is 8.71.